The number of aromatic nitrogens is 4. The molecule has 1 aliphatic rings. The van der Waals surface area contributed by atoms with Crippen LogP contribution in [0.5, 0.6) is 0 Å². The zero-order chi connectivity index (χ0) is 19.9. The minimum atomic E-state index is -0.351. The molecule has 0 spiro atoms. The van der Waals surface area contributed by atoms with Gasteiger partial charge < -0.3 is 14.4 Å². The summed E-state index contributed by atoms with van der Waals surface area (Å²) >= 11 is 0. The van der Waals surface area contributed by atoms with Gasteiger partial charge in [0.15, 0.2) is 11.2 Å². The molecule has 1 fully saturated rings. The Morgan fingerprint density at radius 3 is 2.56 bits per heavy atom. The molecule has 8 nitrogen and oxygen atoms in total. The maximum atomic E-state index is 12.9. The minimum Gasteiger partial charge on any atom is -0.341 e. The van der Waals surface area contributed by atoms with E-state index in [4.69, 9.17) is 4.98 Å². The van der Waals surface area contributed by atoms with Crippen molar-refractivity contribution >= 4 is 17.1 Å². The van der Waals surface area contributed by atoms with Crippen LogP contribution in [-0.2, 0) is 20.6 Å². The van der Waals surface area contributed by atoms with E-state index in [2.05, 4.69) is 30.0 Å². The van der Waals surface area contributed by atoms with Gasteiger partial charge >= 0.3 is 5.69 Å². The second kappa shape index (κ2) is 7.34. The number of likely N-dealkylation sites (N-methyl/N-ethyl adjacent to an activating group) is 1. The van der Waals surface area contributed by atoms with Crippen LogP contribution in [0.4, 0.5) is 5.95 Å². The third-order valence-electron chi connectivity index (χ3n) is 5.42. The molecule has 0 amide bonds. The molecular formula is C19H30N6O2. The highest BCUT2D eigenvalue weighted by molar-refractivity contribution is 5.74. The Labute approximate surface area is 159 Å². The summed E-state index contributed by atoms with van der Waals surface area (Å²) in [7, 11) is 7.38. The van der Waals surface area contributed by atoms with Gasteiger partial charge in [-0.05, 0) is 40.8 Å². The van der Waals surface area contributed by atoms with E-state index in [1.807, 2.05) is 18.4 Å². The van der Waals surface area contributed by atoms with E-state index in [0.29, 0.717) is 23.8 Å². The van der Waals surface area contributed by atoms with Crippen molar-refractivity contribution in [2.24, 2.45) is 14.1 Å². The lowest BCUT2D eigenvalue weighted by atomic mass is 10.1. The van der Waals surface area contributed by atoms with Crippen LogP contribution in [0.25, 0.3) is 11.2 Å². The van der Waals surface area contributed by atoms with E-state index in [1.54, 1.807) is 7.05 Å². The fourth-order valence-electron chi connectivity index (χ4n) is 3.68. The fraction of sp³-hybridized carbons (Fsp3) is 0.632. The molecular weight excluding hydrogens is 344 g/mol. The number of piperidine rings is 1. The number of hydrogen-bond donors (Lipinski definition) is 0. The highest BCUT2D eigenvalue weighted by Gasteiger charge is 2.27. The van der Waals surface area contributed by atoms with Gasteiger partial charge in [0.05, 0.1) is 0 Å². The van der Waals surface area contributed by atoms with Gasteiger partial charge in [0.25, 0.3) is 5.56 Å². The third-order valence-corrected chi connectivity index (χ3v) is 5.42. The Kier molecular flexibility index (Phi) is 5.28. The Morgan fingerprint density at radius 1 is 1.22 bits per heavy atom. The van der Waals surface area contributed by atoms with Gasteiger partial charge in [0.2, 0.25) is 5.95 Å². The molecule has 1 unspecified atom stereocenters. The van der Waals surface area contributed by atoms with Crippen LogP contribution in [0.3, 0.4) is 0 Å². The molecule has 1 aliphatic heterocycles. The Bertz CT molecular complexity index is 990. The van der Waals surface area contributed by atoms with Gasteiger partial charge in [-0.15, -0.1) is 0 Å². The second-order valence-corrected chi connectivity index (χ2v) is 7.89. The Hall–Kier alpha value is -2.35. The van der Waals surface area contributed by atoms with Crippen LogP contribution in [0.2, 0.25) is 0 Å². The topological polar surface area (TPSA) is 68.3 Å². The summed E-state index contributed by atoms with van der Waals surface area (Å²) < 4.78 is 4.58. The quantitative estimate of drug-likeness (QED) is 0.745. The molecule has 0 bridgehead atoms. The smallest absolute Gasteiger partial charge is 0.332 e. The summed E-state index contributed by atoms with van der Waals surface area (Å²) in [6.07, 6.45) is 4.31. The predicted molar refractivity (Wildman–Crippen MR) is 109 cm³/mol. The Morgan fingerprint density at radius 2 is 1.93 bits per heavy atom. The van der Waals surface area contributed by atoms with Gasteiger partial charge in [-0.3, -0.25) is 13.9 Å². The SMILES string of the molecule is CC(C)=CCn1c(N2CCCC(N(C)C)C2)nc2c1c(=O)n(C)c(=O)n2C. The molecule has 0 N–H and O–H groups in total. The van der Waals surface area contributed by atoms with E-state index in [1.165, 1.54) is 17.2 Å². The van der Waals surface area contributed by atoms with E-state index in [9.17, 15) is 9.59 Å². The van der Waals surface area contributed by atoms with Crippen LogP contribution in [0, 0.1) is 0 Å². The molecule has 27 heavy (non-hydrogen) atoms. The number of aryl methyl sites for hydroxylation is 1. The van der Waals surface area contributed by atoms with E-state index in [0.717, 1.165) is 36.4 Å². The molecule has 1 atom stereocenters. The van der Waals surface area contributed by atoms with Gasteiger partial charge in [0.1, 0.15) is 0 Å². The van der Waals surface area contributed by atoms with Gasteiger partial charge in [-0.1, -0.05) is 11.6 Å². The summed E-state index contributed by atoms with van der Waals surface area (Å²) in [6.45, 7) is 6.39. The summed E-state index contributed by atoms with van der Waals surface area (Å²) in [4.78, 5) is 34.5. The predicted octanol–water partition coefficient (Wildman–Crippen LogP) is 0.930. The van der Waals surface area contributed by atoms with Crippen molar-refractivity contribution in [3.8, 4) is 0 Å². The van der Waals surface area contributed by atoms with Crippen molar-refractivity contribution in [3.05, 3.63) is 32.5 Å². The standard InChI is InChI=1S/C19H30N6O2/c1-13(2)9-11-25-15-16(22(5)19(27)23(6)17(15)26)20-18(25)24-10-7-8-14(12-24)21(3)4/h9,14H,7-8,10-12H2,1-6H3. The van der Waals surface area contributed by atoms with Gasteiger partial charge in [-0.2, -0.15) is 4.98 Å². The van der Waals surface area contributed by atoms with Crippen molar-refractivity contribution < 1.29 is 0 Å². The molecule has 0 saturated carbocycles. The largest absolute Gasteiger partial charge is 0.341 e. The maximum absolute atomic E-state index is 12.9. The first-order chi connectivity index (χ1) is 12.7. The zero-order valence-electron chi connectivity index (χ0n) is 17.2. The monoisotopic (exact) mass is 374 g/mol. The normalized spacial score (nSPS) is 17.7. The molecule has 3 rings (SSSR count). The van der Waals surface area contributed by atoms with Crippen LogP contribution in [0.1, 0.15) is 26.7 Å². The lowest BCUT2D eigenvalue weighted by molar-refractivity contribution is 0.256. The number of anilines is 1. The molecule has 3 heterocycles. The van der Waals surface area contributed by atoms with Crippen LogP contribution in [0.15, 0.2) is 21.2 Å². The lowest BCUT2D eigenvalue weighted by Crippen LogP contribution is -2.46. The van der Waals surface area contributed by atoms with Crippen molar-refractivity contribution in [1.82, 2.24) is 23.6 Å². The summed E-state index contributed by atoms with van der Waals surface area (Å²) in [5.74, 6) is 0.771. The average molecular weight is 374 g/mol. The van der Waals surface area contributed by atoms with E-state index >= 15 is 0 Å². The van der Waals surface area contributed by atoms with E-state index < -0.39 is 0 Å². The lowest BCUT2D eigenvalue weighted by Gasteiger charge is -2.36. The molecule has 0 radical (unpaired) electrons. The Balaban J connectivity index is 2.22. The summed E-state index contributed by atoms with van der Waals surface area (Å²) in [5.41, 5.74) is 1.46. The fourth-order valence-corrected chi connectivity index (χ4v) is 3.68. The second-order valence-electron chi connectivity index (χ2n) is 7.89. The number of allylic oxidation sites excluding steroid dienone is 2. The van der Waals surface area contributed by atoms with E-state index in [-0.39, 0.29) is 11.2 Å². The number of rotatable bonds is 4. The first-order valence-electron chi connectivity index (χ1n) is 9.43. The number of imidazole rings is 1. The number of nitrogens with zero attached hydrogens (tertiary/aromatic N) is 6. The highest BCUT2D eigenvalue weighted by atomic mass is 16.2. The molecule has 0 aromatic carbocycles. The van der Waals surface area contributed by atoms with Crippen molar-refractivity contribution in [2.75, 3.05) is 32.1 Å². The van der Waals surface area contributed by atoms with Crippen molar-refractivity contribution in [3.63, 3.8) is 0 Å². The highest BCUT2D eigenvalue weighted by Crippen LogP contribution is 2.24. The van der Waals surface area contributed by atoms with Crippen molar-refractivity contribution in [1.29, 1.82) is 0 Å². The maximum Gasteiger partial charge on any atom is 0.332 e. The van der Waals surface area contributed by atoms with Crippen LogP contribution < -0.4 is 16.1 Å². The average Bonchev–Trinajstić information content (AvgIpc) is 3.02. The molecule has 2 aromatic heterocycles. The first kappa shape index (κ1) is 19.4. The summed E-state index contributed by atoms with van der Waals surface area (Å²) in [5, 5.41) is 0. The number of fused-ring (bicyclic) bond motifs is 1. The zero-order valence-corrected chi connectivity index (χ0v) is 17.2. The van der Waals surface area contributed by atoms with Gasteiger partial charge in [0, 0.05) is 39.8 Å². The van der Waals surface area contributed by atoms with Gasteiger partial charge in [-0.25, -0.2) is 4.79 Å². The minimum absolute atomic E-state index is 0.296. The molecule has 8 heteroatoms. The first-order valence-corrected chi connectivity index (χ1v) is 9.43. The van der Waals surface area contributed by atoms with Crippen LogP contribution >= 0.6 is 0 Å². The molecule has 2 aromatic rings. The molecule has 1 saturated heterocycles. The summed E-state index contributed by atoms with van der Waals surface area (Å²) in [6, 6.07) is 0.446. The molecule has 0 aliphatic carbocycles. The third kappa shape index (κ3) is 3.45. The molecule has 148 valence electrons. The van der Waals surface area contributed by atoms with Crippen LogP contribution in [-0.4, -0.2) is 56.8 Å². The van der Waals surface area contributed by atoms with Crippen molar-refractivity contribution in [2.45, 2.75) is 39.3 Å². The number of hydrogen-bond acceptors (Lipinski definition) is 5.